The van der Waals surface area contributed by atoms with Gasteiger partial charge in [-0.2, -0.15) is 10.4 Å². The second-order valence-electron chi connectivity index (χ2n) is 3.34. The zero-order valence-electron chi connectivity index (χ0n) is 9.96. The zero-order valence-corrected chi connectivity index (χ0v) is 12.4. The third-order valence-electron chi connectivity index (χ3n) is 2.28. The Morgan fingerprint density at radius 1 is 1.11 bits per heavy atom. The predicted octanol–water partition coefficient (Wildman–Crippen LogP) is 2.69. The van der Waals surface area contributed by atoms with Crippen molar-refractivity contribution < 1.29 is 0 Å². The molecule has 0 saturated carbocycles. The quantitative estimate of drug-likeness (QED) is 0.806. The first-order valence-corrected chi connectivity index (χ1v) is 7.80. The highest BCUT2D eigenvalue weighted by atomic mass is 32.2. The number of thioether (sulfide) groups is 1. The van der Waals surface area contributed by atoms with Crippen LogP contribution in [-0.4, -0.2) is 26.7 Å². The van der Waals surface area contributed by atoms with Gasteiger partial charge in [0.2, 0.25) is 0 Å². The molecule has 2 heterocycles. The number of hydrogen-bond acceptors (Lipinski definition) is 8. The van der Waals surface area contributed by atoms with Gasteiger partial charge in [0.15, 0.2) is 8.68 Å². The minimum atomic E-state index is 0.563. The third-order valence-corrected chi connectivity index (χ3v) is 5.21. The Hall–Kier alpha value is -1.17. The maximum Gasteiger partial charge on any atom is 0.181 e. The van der Waals surface area contributed by atoms with Crippen LogP contribution in [0.2, 0.25) is 0 Å². The van der Waals surface area contributed by atoms with Crippen molar-refractivity contribution in [2.45, 2.75) is 27.6 Å². The van der Waals surface area contributed by atoms with E-state index in [1.54, 1.807) is 11.8 Å². The van der Waals surface area contributed by atoms with Crippen LogP contribution in [0.25, 0.3) is 0 Å². The van der Waals surface area contributed by atoms with E-state index in [4.69, 9.17) is 0 Å². The molecule has 0 aliphatic rings. The van der Waals surface area contributed by atoms with Crippen molar-refractivity contribution in [3.63, 3.8) is 0 Å². The lowest BCUT2D eigenvalue weighted by atomic mass is 10.1. The van der Waals surface area contributed by atoms with Crippen molar-refractivity contribution in [3.8, 4) is 6.07 Å². The topological polar surface area (TPSA) is 75.3 Å². The average molecular weight is 295 g/mol. The van der Waals surface area contributed by atoms with Crippen LogP contribution in [0.3, 0.4) is 0 Å². The molecular formula is C10H9N5S3. The van der Waals surface area contributed by atoms with Crippen molar-refractivity contribution in [2.75, 3.05) is 6.26 Å². The number of aromatic nitrogens is 4. The molecule has 0 fully saturated rings. The second kappa shape index (κ2) is 5.65. The first-order valence-electron chi connectivity index (χ1n) is 4.95. The average Bonchev–Trinajstić information content (AvgIpc) is 2.82. The number of nitriles is 1. The monoisotopic (exact) mass is 295 g/mol. The highest BCUT2D eigenvalue weighted by Gasteiger charge is 2.14. The van der Waals surface area contributed by atoms with Gasteiger partial charge in [-0.15, -0.1) is 15.3 Å². The fourth-order valence-electron chi connectivity index (χ4n) is 1.19. The molecule has 0 saturated heterocycles. The molecule has 0 aliphatic carbocycles. The standard InChI is InChI=1S/C10H9N5S3/c1-5-6(2)12-13-8(7(5)4-11)17-10-15-14-9(16-3)18-10/h1-3H3. The maximum absolute atomic E-state index is 9.19. The lowest BCUT2D eigenvalue weighted by molar-refractivity contribution is 0.868. The van der Waals surface area contributed by atoms with Crippen molar-refractivity contribution >= 4 is 34.9 Å². The largest absolute Gasteiger partial charge is 0.192 e. The Bertz CT molecular complexity index is 616. The van der Waals surface area contributed by atoms with Crippen LogP contribution in [-0.2, 0) is 0 Å². The van der Waals surface area contributed by atoms with Gasteiger partial charge in [0.05, 0.1) is 11.3 Å². The first-order chi connectivity index (χ1) is 8.65. The van der Waals surface area contributed by atoms with Crippen molar-refractivity contribution in [2.24, 2.45) is 0 Å². The van der Waals surface area contributed by atoms with Crippen LogP contribution in [0.15, 0.2) is 13.7 Å². The van der Waals surface area contributed by atoms with Gasteiger partial charge < -0.3 is 0 Å². The van der Waals surface area contributed by atoms with Gasteiger partial charge in [0.1, 0.15) is 11.1 Å². The van der Waals surface area contributed by atoms with E-state index in [0.717, 1.165) is 19.9 Å². The van der Waals surface area contributed by atoms with E-state index in [1.165, 1.54) is 23.1 Å². The van der Waals surface area contributed by atoms with E-state index in [-0.39, 0.29) is 0 Å². The Morgan fingerprint density at radius 3 is 2.44 bits per heavy atom. The molecule has 2 aromatic heterocycles. The SMILES string of the molecule is CSc1nnc(Sc2nnc(C)c(C)c2C#N)s1. The third kappa shape index (κ3) is 2.63. The van der Waals surface area contributed by atoms with E-state index in [2.05, 4.69) is 26.5 Å². The minimum Gasteiger partial charge on any atom is -0.192 e. The molecule has 5 nitrogen and oxygen atoms in total. The van der Waals surface area contributed by atoms with Gasteiger partial charge in [-0.05, 0) is 37.4 Å². The maximum atomic E-state index is 9.19. The second-order valence-corrected chi connectivity index (χ2v) is 6.61. The molecule has 0 radical (unpaired) electrons. The van der Waals surface area contributed by atoms with Crippen molar-refractivity contribution in [1.82, 2.24) is 20.4 Å². The molecule has 0 amide bonds. The van der Waals surface area contributed by atoms with Gasteiger partial charge in [-0.25, -0.2) is 0 Å². The number of rotatable bonds is 3. The van der Waals surface area contributed by atoms with Crippen LogP contribution < -0.4 is 0 Å². The van der Waals surface area contributed by atoms with Gasteiger partial charge in [-0.1, -0.05) is 23.1 Å². The Balaban J connectivity index is 2.35. The van der Waals surface area contributed by atoms with Crippen LogP contribution in [0.1, 0.15) is 16.8 Å². The molecule has 0 aromatic carbocycles. The summed E-state index contributed by atoms with van der Waals surface area (Å²) in [7, 11) is 0. The summed E-state index contributed by atoms with van der Waals surface area (Å²) in [5.74, 6) is 0. The normalized spacial score (nSPS) is 10.3. The van der Waals surface area contributed by atoms with Gasteiger partial charge in [0.25, 0.3) is 0 Å². The van der Waals surface area contributed by atoms with Crippen molar-refractivity contribution in [1.29, 1.82) is 5.26 Å². The molecule has 0 atom stereocenters. The van der Waals surface area contributed by atoms with Crippen LogP contribution in [0.4, 0.5) is 0 Å². The van der Waals surface area contributed by atoms with E-state index >= 15 is 0 Å². The summed E-state index contributed by atoms with van der Waals surface area (Å²) in [5.41, 5.74) is 2.20. The fourth-order valence-corrected chi connectivity index (χ4v) is 3.63. The zero-order chi connectivity index (χ0) is 13.1. The smallest absolute Gasteiger partial charge is 0.181 e. The molecular weight excluding hydrogens is 286 g/mol. The highest BCUT2D eigenvalue weighted by Crippen LogP contribution is 2.33. The Kier molecular flexibility index (Phi) is 4.16. The van der Waals surface area contributed by atoms with Crippen LogP contribution >= 0.6 is 34.9 Å². The fraction of sp³-hybridized carbons (Fsp3) is 0.300. The van der Waals surface area contributed by atoms with Crippen molar-refractivity contribution in [3.05, 3.63) is 16.8 Å². The summed E-state index contributed by atoms with van der Waals surface area (Å²) in [4.78, 5) is 0. The summed E-state index contributed by atoms with van der Waals surface area (Å²) in [6, 6.07) is 2.17. The van der Waals surface area contributed by atoms with E-state index in [9.17, 15) is 5.26 Å². The molecule has 0 bridgehead atoms. The minimum absolute atomic E-state index is 0.563. The first kappa shape index (κ1) is 13.3. The van der Waals surface area contributed by atoms with Gasteiger partial charge in [0, 0.05) is 0 Å². The van der Waals surface area contributed by atoms with E-state index < -0.39 is 0 Å². The molecule has 92 valence electrons. The molecule has 0 N–H and O–H groups in total. The number of hydrogen-bond donors (Lipinski definition) is 0. The summed E-state index contributed by atoms with van der Waals surface area (Å²) in [5, 5.41) is 25.9. The predicted molar refractivity (Wildman–Crippen MR) is 72.0 cm³/mol. The molecule has 0 unspecified atom stereocenters. The van der Waals surface area contributed by atoms with E-state index in [1.807, 2.05) is 20.1 Å². The summed E-state index contributed by atoms with van der Waals surface area (Å²) < 4.78 is 1.67. The summed E-state index contributed by atoms with van der Waals surface area (Å²) in [6.45, 7) is 3.72. The Labute approximate surface area is 117 Å². The molecule has 0 aliphatic heterocycles. The lowest BCUT2D eigenvalue weighted by Gasteiger charge is -2.04. The highest BCUT2D eigenvalue weighted by molar-refractivity contribution is 8.03. The molecule has 18 heavy (non-hydrogen) atoms. The van der Waals surface area contributed by atoms with Gasteiger partial charge in [-0.3, -0.25) is 0 Å². The number of nitrogens with zero attached hydrogens (tertiary/aromatic N) is 5. The Morgan fingerprint density at radius 2 is 1.83 bits per heavy atom. The summed E-state index contributed by atoms with van der Waals surface area (Å²) >= 11 is 4.36. The van der Waals surface area contributed by atoms with Gasteiger partial charge >= 0.3 is 0 Å². The van der Waals surface area contributed by atoms with Crippen LogP contribution in [0, 0.1) is 25.2 Å². The van der Waals surface area contributed by atoms with E-state index in [0.29, 0.717) is 10.6 Å². The molecule has 0 spiro atoms. The molecule has 8 heteroatoms. The lowest BCUT2D eigenvalue weighted by Crippen LogP contribution is -1.98. The summed E-state index contributed by atoms with van der Waals surface area (Å²) in [6.07, 6.45) is 1.95. The number of aryl methyl sites for hydroxylation is 1. The molecule has 2 rings (SSSR count). The van der Waals surface area contributed by atoms with Crippen LogP contribution in [0.5, 0.6) is 0 Å². The molecule has 2 aromatic rings.